The van der Waals surface area contributed by atoms with Crippen molar-refractivity contribution >= 4 is 27.8 Å². The Bertz CT molecular complexity index is 282. The highest BCUT2D eigenvalue weighted by molar-refractivity contribution is 9.09. The smallest absolute Gasteiger partial charge is 0.336 e. The summed E-state index contributed by atoms with van der Waals surface area (Å²) >= 11 is 3.45. The van der Waals surface area contributed by atoms with Gasteiger partial charge in [-0.3, -0.25) is 4.99 Å². The number of nitrogens with zero attached hydrogens (tertiary/aromatic N) is 1. The van der Waals surface area contributed by atoms with Crippen LogP contribution in [0.1, 0.15) is 26.7 Å². The molecule has 0 amide bonds. The molecule has 0 aromatic heterocycles. The van der Waals surface area contributed by atoms with Crippen LogP contribution < -0.4 is 0 Å². The maximum absolute atomic E-state index is 11.1. The first-order valence-corrected chi connectivity index (χ1v) is 6.02. The van der Waals surface area contributed by atoms with Crippen LogP contribution >= 0.6 is 15.9 Å². The van der Waals surface area contributed by atoms with E-state index >= 15 is 0 Å². The average Bonchev–Trinajstić information content (AvgIpc) is 2.99. The third-order valence-corrected chi connectivity index (χ3v) is 3.06. The molecular weight excluding hydrogens is 258 g/mol. The van der Waals surface area contributed by atoms with Crippen LogP contribution in [0.25, 0.3) is 0 Å². The van der Waals surface area contributed by atoms with Crippen LogP contribution in [0.4, 0.5) is 0 Å². The van der Waals surface area contributed by atoms with Gasteiger partial charge < -0.3 is 4.74 Å². The summed E-state index contributed by atoms with van der Waals surface area (Å²) in [7, 11) is 0. The van der Waals surface area contributed by atoms with Gasteiger partial charge in [0.05, 0.1) is 6.04 Å². The zero-order valence-electron chi connectivity index (χ0n) is 9.07. The van der Waals surface area contributed by atoms with E-state index in [-0.39, 0.29) is 10.9 Å². The zero-order valence-corrected chi connectivity index (χ0v) is 10.7. The van der Waals surface area contributed by atoms with Crippen LogP contribution in [0, 0.1) is 5.92 Å². The molecule has 4 heteroatoms. The van der Waals surface area contributed by atoms with E-state index in [2.05, 4.69) is 27.5 Å². The van der Waals surface area contributed by atoms with Gasteiger partial charge in [-0.25, -0.2) is 4.79 Å². The third-order valence-electron chi connectivity index (χ3n) is 2.29. The number of esters is 1. The maximum Gasteiger partial charge on any atom is 0.336 e. The number of halogens is 1. The van der Waals surface area contributed by atoms with Gasteiger partial charge in [0.15, 0.2) is 5.90 Å². The summed E-state index contributed by atoms with van der Waals surface area (Å²) in [5.41, 5.74) is 0. The molecule has 3 nitrogen and oxygen atoms in total. The Balaban J connectivity index is 2.64. The molecule has 0 bridgehead atoms. The molecule has 15 heavy (non-hydrogen) atoms. The normalized spacial score (nSPS) is 20.6. The topological polar surface area (TPSA) is 38.7 Å². The van der Waals surface area contributed by atoms with Crippen LogP contribution in [0.2, 0.25) is 0 Å². The molecule has 1 saturated carbocycles. The van der Waals surface area contributed by atoms with Crippen molar-refractivity contribution in [1.82, 2.24) is 0 Å². The molecule has 0 N–H and O–H groups in total. The van der Waals surface area contributed by atoms with E-state index < -0.39 is 5.97 Å². The fourth-order valence-corrected chi connectivity index (χ4v) is 1.11. The van der Waals surface area contributed by atoms with E-state index in [4.69, 9.17) is 4.74 Å². The van der Waals surface area contributed by atoms with Gasteiger partial charge >= 0.3 is 5.97 Å². The number of hydrogen-bond donors (Lipinski definition) is 0. The first-order chi connectivity index (χ1) is 7.04. The van der Waals surface area contributed by atoms with Gasteiger partial charge in [-0.2, -0.15) is 0 Å². The fourth-order valence-electron chi connectivity index (χ4n) is 0.994. The maximum atomic E-state index is 11.1. The van der Waals surface area contributed by atoms with Crippen molar-refractivity contribution in [1.29, 1.82) is 0 Å². The third kappa shape index (κ3) is 4.16. The molecule has 84 valence electrons. The van der Waals surface area contributed by atoms with Gasteiger partial charge in [-0.1, -0.05) is 29.4 Å². The van der Waals surface area contributed by atoms with Crippen LogP contribution in [0.3, 0.4) is 0 Å². The van der Waals surface area contributed by atoms with Crippen molar-refractivity contribution in [2.24, 2.45) is 10.9 Å². The summed E-state index contributed by atoms with van der Waals surface area (Å²) in [6.07, 6.45) is 3.29. The molecule has 0 heterocycles. The molecule has 0 aromatic carbocycles. The molecule has 0 radical (unpaired) electrons. The summed E-state index contributed by atoms with van der Waals surface area (Å²) in [4.78, 5) is 15.7. The second-order valence-corrected chi connectivity index (χ2v) is 5.23. The number of alkyl halides is 1. The second kappa shape index (κ2) is 5.45. The fraction of sp³-hybridized carbons (Fsp3) is 0.636. The van der Waals surface area contributed by atoms with E-state index in [9.17, 15) is 4.79 Å². The average molecular weight is 274 g/mol. The van der Waals surface area contributed by atoms with E-state index in [1.807, 2.05) is 13.8 Å². The molecule has 1 aliphatic carbocycles. The van der Waals surface area contributed by atoms with Gasteiger partial charge in [0.2, 0.25) is 0 Å². The minimum atomic E-state index is -0.421. The molecule has 1 rings (SSSR count). The van der Waals surface area contributed by atoms with Gasteiger partial charge in [-0.15, -0.1) is 0 Å². The Hall–Kier alpha value is -0.640. The Labute approximate surface area is 98.7 Å². The molecular formula is C11H16BrNO2. The largest absolute Gasteiger partial charge is 0.408 e. The lowest BCUT2D eigenvalue weighted by Gasteiger charge is -2.11. The Morgan fingerprint density at radius 1 is 1.60 bits per heavy atom. The van der Waals surface area contributed by atoms with Crippen molar-refractivity contribution in [2.45, 2.75) is 37.6 Å². The second-order valence-electron chi connectivity index (χ2n) is 3.78. The van der Waals surface area contributed by atoms with E-state index in [0.717, 1.165) is 12.8 Å². The highest BCUT2D eigenvalue weighted by atomic mass is 79.9. The zero-order chi connectivity index (χ0) is 11.4. The predicted octanol–water partition coefficient (Wildman–Crippen LogP) is 2.70. The van der Waals surface area contributed by atoms with Crippen LogP contribution in [0.15, 0.2) is 17.6 Å². The predicted molar refractivity (Wildman–Crippen MR) is 64.3 cm³/mol. The summed E-state index contributed by atoms with van der Waals surface area (Å²) in [6.45, 7) is 7.38. The molecule has 2 atom stereocenters. The van der Waals surface area contributed by atoms with Crippen LogP contribution in [-0.4, -0.2) is 22.7 Å². The van der Waals surface area contributed by atoms with Crippen LogP contribution in [0.5, 0.6) is 0 Å². The van der Waals surface area contributed by atoms with E-state index in [0.29, 0.717) is 11.8 Å². The van der Waals surface area contributed by atoms with Crippen molar-refractivity contribution in [3.63, 3.8) is 0 Å². The number of carbonyl (C=O) groups excluding carboxylic acids is 1. The number of ether oxygens (including phenoxy) is 1. The number of rotatable bonds is 4. The summed E-state index contributed by atoms with van der Waals surface area (Å²) in [5, 5.41) is 0. The molecule has 0 spiro atoms. The lowest BCUT2D eigenvalue weighted by molar-refractivity contribution is -0.130. The monoisotopic (exact) mass is 273 g/mol. The van der Waals surface area contributed by atoms with Gasteiger partial charge in [0.25, 0.3) is 0 Å². The van der Waals surface area contributed by atoms with E-state index in [1.165, 1.54) is 6.08 Å². The van der Waals surface area contributed by atoms with Crippen molar-refractivity contribution in [3.8, 4) is 0 Å². The van der Waals surface area contributed by atoms with Crippen molar-refractivity contribution in [3.05, 3.63) is 12.7 Å². The Morgan fingerprint density at radius 3 is 2.60 bits per heavy atom. The quantitative estimate of drug-likeness (QED) is 0.260. The molecule has 0 aromatic rings. The van der Waals surface area contributed by atoms with Gasteiger partial charge in [-0.05, 0) is 19.8 Å². The van der Waals surface area contributed by atoms with Crippen molar-refractivity contribution < 1.29 is 9.53 Å². The minimum absolute atomic E-state index is 0.109. The highest BCUT2D eigenvalue weighted by Gasteiger charge is 2.31. The molecule has 0 aliphatic heterocycles. The van der Waals surface area contributed by atoms with Gasteiger partial charge in [0.1, 0.15) is 0 Å². The molecule has 1 fully saturated rings. The Kier molecular flexibility index (Phi) is 4.51. The Morgan fingerprint density at radius 2 is 2.20 bits per heavy atom. The first-order valence-electron chi connectivity index (χ1n) is 5.10. The van der Waals surface area contributed by atoms with Crippen molar-refractivity contribution in [2.75, 3.05) is 0 Å². The standard InChI is InChI=1S/C11H16BrNO2/c1-4-10(14)15-11(9-5-6-9)13-8(3)7(2)12/h4,7-9H,1,5-6H2,2-3H3/t7?,8-/m0/s1. The SMILES string of the molecule is C=CC(=O)OC(=N[C@@H](C)C(C)Br)C1CC1. The number of carbonyl (C=O) groups is 1. The van der Waals surface area contributed by atoms with E-state index in [1.54, 1.807) is 0 Å². The van der Waals surface area contributed by atoms with Crippen LogP contribution in [-0.2, 0) is 9.53 Å². The number of aliphatic imine (C=N–C) groups is 1. The number of hydrogen-bond acceptors (Lipinski definition) is 3. The minimum Gasteiger partial charge on any atom is -0.408 e. The first kappa shape index (κ1) is 12.4. The highest BCUT2D eigenvalue weighted by Crippen LogP contribution is 2.31. The summed E-state index contributed by atoms with van der Waals surface area (Å²) in [5.74, 6) is 0.483. The summed E-state index contributed by atoms with van der Waals surface area (Å²) < 4.78 is 5.12. The lowest BCUT2D eigenvalue weighted by Crippen LogP contribution is -2.19. The van der Waals surface area contributed by atoms with Gasteiger partial charge in [0, 0.05) is 16.8 Å². The molecule has 0 saturated heterocycles. The summed E-state index contributed by atoms with van der Waals surface area (Å²) in [6, 6.07) is 0.109. The lowest BCUT2D eigenvalue weighted by atomic mass is 10.3. The molecule has 1 unspecified atom stereocenters. The molecule has 1 aliphatic rings.